The molecule has 0 bridgehead atoms. The van der Waals surface area contributed by atoms with Gasteiger partial charge in [0, 0.05) is 14.3 Å². The van der Waals surface area contributed by atoms with E-state index in [0.717, 1.165) is 12.0 Å². The average molecular weight is 195 g/mol. The van der Waals surface area contributed by atoms with Crippen molar-refractivity contribution >= 4 is 8.07 Å². The Bertz CT molecular complexity index is 280. The Hall–Kier alpha value is -0.833. The molecule has 0 aliphatic carbocycles. The van der Waals surface area contributed by atoms with E-state index in [1.165, 1.54) is 12.2 Å². The largest absolute Gasteiger partial charge is 0.506 e. The standard InChI is InChI=1S/C10H17NOSi/c1-13(2,3)5-4-9-6-10(12)8-11-7-9/h6-8,12H,4-5H2,1-3H3. The lowest BCUT2D eigenvalue weighted by Gasteiger charge is -2.14. The molecule has 0 aliphatic heterocycles. The van der Waals surface area contributed by atoms with Crippen LogP contribution in [0.5, 0.6) is 5.75 Å². The Balaban J connectivity index is 2.55. The molecule has 0 amide bonds. The fourth-order valence-corrected chi connectivity index (χ4v) is 2.17. The molecule has 13 heavy (non-hydrogen) atoms. The zero-order chi connectivity index (χ0) is 9.90. The molecule has 0 fully saturated rings. The quantitative estimate of drug-likeness (QED) is 0.752. The van der Waals surface area contributed by atoms with Crippen LogP contribution in [0.25, 0.3) is 0 Å². The summed E-state index contributed by atoms with van der Waals surface area (Å²) < 4.78 is 0. The highest BCUT2D eigenvalue weighted by Gasteiger charge is 2.12. The highest BCUT2D eigenvalue weighted by atomic mass is 28.3. The summed E-state index contributed by atoms with van der Waals surface area (Å²) >= 11 is 0. The summed E-state index contributed by atoms with van der Waals surface area (Å²) in [5.41, 5.74) is 1.14. The molecule has 1 N–H and O–H groups in total. The lowest BCUT2D eigenvalue weighted by molar-refractivity contribution is 0.472. The SMILES string of the molecule is C[Si](C)(C)CCc1cncc(O)c1. The van der Waals surface area contributed by atoms with E-state index in [0.29, 0.717) is 0 Å². The van der Waals surface area contributed by atoms with Gasteiger partial charge in [-0.1, -0.05) is 25.7 Å². The normalized spacial score (nSPS) is 11.6. The summed E-state index contributed by atoms with van der Waals surface area (Å²) in [7, 11) is -0.967. The average Bonchev–Trinajstić information content (AvgIpc) is 2.00. The summed E-state index contributed by atoms with van der Waals surface area (Å²) in [6, 6.07) is 3.05. The summed E-state index contributed by atoms with van der Waals surface area (Å²) in [4.78, 5) is 3.95. The molecule has 0 unspecified atom stereocenters. The second-order valence-corrected chi connectivity index (χ2v) is 10.2. The molecule has 0 saturated carbocycles. The Morgan fingerprint density at radius 3 is 2.54 bits per heavy atom. The molecule has 0 aromatic carbocycles. The van der Waals surface area contributed by atoms with Crippen molar-refractivity contribution in [2.24, 2.45) is 0 Å². The van der Waals surface area contributed by atoms with Crippen LogP contribution in [0.15, 0.2) is 18.5 Å². The van der Waals surface area contributed by atoms with Crippen molar-refractivity contribution in [2.45, 2.75) is 32.1 Å². The van der Waals surface area contributed by atoms with E-state index in [4.69, 9.17) is 0 Å². The molecule has 0 saturated heterocycles. The van der Waals surface area contributed by atoms with E-state index in [9.17, 15) is 5.11 Å². The number of aromatic hydroxyl groups is 1. The maximum atomic E-state index is 9.19. The molecule has 72 valence electrons. The molecular weight excluding hydrogens is 178 g/mol. The molecule has 0 radical (unpaired) electrons. The van der Waals surface area contributed by atoms with Gasteiger partial charge in [0.2, 0.25) is 0 Å². The van der Waals surface area contributed by atoms with E-state index in [1.54, 1.807) is 6.07 Å². The predicted octanol–water partition coefficient (Wildman–Crippen LogP) is 2.67. The van der Waals surface area contributed by atoms with E-state index in [2.05, 4.69) is 24.6 Å². The van der Waals surface area contributed by atoms with E-state index >= 15 is 0 Å². The van der Waals surface area contributed by atoms with Crippen molar-refractivity contribution < 1.29 is 5.11 Å². The third-order valence-corrected chi connectivity index (χ3v) is 3.69. The zero-order valence-corrected chi connectivity index (χ0v) is 9.54. The number of rotatable bonds is 3. The Kier molecular flexibility index (Phi) is 3.09. The molecule has 1 aromatic rings. The minimum absolute atomic E-state index is 0.271. The second kappa shape index (κ2) is 3.92. The van der Waals surface area contributed by atoms with Crippen molar-refractivity contribution in [2.75, 3.05) is 0 Å². The van der Waals surface area contributed by atoms with Crippen molar-refractivity contribution in [1.29, 1.82) is 0 Å². The van der Waals surface area contributed by atoms with Gasteiger partial charge in [0.15, 0.2) is 0 Å². The topological polar surface area (TPSA) is 33.1 Å². The van der Waals surface area contributed by atoms with Crippen LogP contribution in [0, 0.1) is 0 Å². The number of aromatic nitrogens is 1. The minimum atomic E-state index is -0.967. The van der Waals surface area contributed by atoms with E-state index < -0.39 is 8.07 Å². The van der Waals surface area contributed by atoms with Crippen LogP contribution in [0.1, 0.15) is 5.56 Å². The van der Waals surface area contributed by atoms with Crippen molar-refractivity contribution in [3.8, 4) is 5.75 Å². The van der Waals surface area contributed by atoms with Gasteiger partial charge in [-0.3, -0.25) is 4.98 Å². The summed E-state index contributed by atoms with van der Waals surface area (Å²) in [5.74, 6) is 0.271. The molecule has 1 rings (SSSR count). The Morgan fingerprint density at radius 2 is 2.00 bits per heavy atom. The lowest BCUT2D eigenvalue weighted by Crippen LogP contribution is -2.19. The van der Waals surface area contributed by atoms with Gasteiger partial charge in [-0.25, -0.2) is 0 Å². The van der Waals surface area contributed by atoms with Gasteiger partial charge in [0.25, 0.3) is 0 Å². The molecule has 2 nitrogen and oxygen atoms in total. The minimum Gasteiger partial charge on any atom is -0.506 e. The van der Waals surface area contributed by atoms with Crippen LogP contribution in [-0.2, 0) is 6.42 Å². The van der Waals surface area contributed by atoms with Crippen molar-refractivity contribution in [3.63, 3.8) is 0 Å². The molecular formula is C10H17NOSi. The van der Waals surface area contributed by atoms with Gasteiger partial charge in [0.1, 0.15) is 5.75 Å². The molecule has 1 heterocycles. The van der Waals surface area contributed by atoms with Gasteiger partial charge < -0.3 is 5.11 Å². The Morgan fingerprint density at radius 1 is 1.31 bits per heavy atom. The smallest absolute Gasteiger partial charge is 0.134 e. The maximum Gasteiger partial charge on any atom is 0.134 e. The summed E-state index contributed by atoms with van der Waals surface area (Å²) in [6.45, 7) is 7.05. The summed E-state index contributed by atoms with van der Waals surface area (Å²) in [6.07, 6.45) is 4.34. The zero-order valence-electron chi connectivity index (χ0n) is 8.54. The van der Waals surface area contributed by atoms with Gasteiger partial charge >= 0.3 is 0 Å². The van der Waals surface area contributed by atoms with E-state index in [-0.39, 0.29) is 5.75 Å². The predicted molar refractivity (Wildman–Crippen MR) is 57.8 cm³/mol. The van der Waals surface area contributed by atoms with Crippen molar-refractivity contribution in [3.05, 3.63) is 24.0 Å². The molecule has 0 aliphatic rings. The Labute approximate surface area is 80.7 Å². The highest BCUT2D eigenvalue weighted by molar-refractivity contribution is 6.76. The van der Waals surface area contributed by atoms with Gasteiger partial charge in [0.05, 0.1) is 6.20 Å². The third-order valence-electron chi connectivity index (χ3n) is 1.94. The van der Waals surface area contributed by atoms with Crippen molar-refractivity contribution in [1.82, 2.24) is 4.98 Å². The number of hydrogen-bond acceptors (Lipinski definition) is 2. The first kappa shape index (κ1) is 10.2. The first-order valence-corrected chi connectivity index (χ1v) is 8.31. The molecule has 3 heteroatoms. The van der Waals surface area contributed by atoms with E-state index in [1.807, 2.05) is 6.20 Å². The fourth-order valence-electron chi connectivity index (χ4n) is 1.13. The molecule has 1 aromatic heterocycles. The van der Waals surface area contributed by atoms with Crippen LogP contribution in [-0.4, -0.2) is 18.2 Å². The number of nitrogens with zero attached hydrogens (tertiary/aromatic N) is 1. The second-order valence-electron chi connectivity index (χ2n) is 4.61. The van der Waals surface area contributed by atoms with Crippen LogP contribution in [0.4, 0.5) is 0 Å². The van der Waals surface area contributed by atoms with Crippen LogP contribution >= 0.6 is 0 Å². The number of pyridine rings is 1. The maximum absolute atomic E-state index is 9.19. The van der Waals surface area contributed by atoms with Crippen LogP contribution in [0.2, 0.25) is 25.7 Å². The molecule has 0 spiro atoms. The molecule has 0 atom stereocenters. The first-order chi connectivity index (χ1) is 5.97. The monoisotopic (exact) mass is 195 g/mol. The van der Waals surface area contributed by atoms with Crippen LogP contribution in [0.3, 0.4) is 0 Å². The lowest BCUT2D eigenvalue weighted by atomic mass is 10.2. The fraction of sp³-hybridized carbons (Fsp3) is 0.500. The first-order valence-electron chi connectivity index (χ1n) is 4.60. The summed E-state index contributed by atoms with van der Waals surface area (Å²) in [5, 5.41) is 9.19. The van der Waals surface area contributed by atoms with Gasteiger partial charge in [-0.05, 0) is 18.1 Å². The van der Waals surface area contributed by atoms with Crippen LogP contribution < -0.4 is 0 Å². The number of aryl methyl sites for hydroxylation is 1. The highest BCUT2D eigenvalue weighted by Crippen LogP contribution is 2.15. The number of hydrogen-bond donors (Lipinski definition) is 1. The van der Waals surface area contributed by atoms with Gasteiger partial charge in [-0.15, -0.1) is 0 Å². The third kappa shape index (κ3) is 4.08. The van der Waals surface area contributed by atoms with Gasteiger partial charge in [-0.2, -0.15) is 0 Å².